The summed E-state index contributed by atoms with van der Waals surface area (Å²) in [6, 6.07) is 0. The number of ether oxygens (including phenoxy) is 4. The van der Waals surface area contributed by atoms with E-state index in [-0.39, 0.29) is 99.3 Å². The summed E-state index contributed by atoms with van der Waals surface area (Å²) in [5, 5.41) is 35.4. The molecule has 0 amide bonds. The van der Waals surface area contributed by atoms with Gasteiger partial charge in [0, 0.05) is 48.0 Å². The fraction of sp³-hybridized carbons (Fsp3) is 0.568. The van der Waals surface area contributed by atoms with Gasteiger partial charge in [-0.3, -0.25) is 19.2 Å². The molecule has 0 rings (SSSR count). The first-order valence-corrected chi connectivity index (χ1v) is 17.1. The Morgan fingerprint density at radius 2 is 0.585 bits per heavy atom. The average molecular weight is 753 g/mol. The number of hydrogen-bond acceptors (Lipinski definition) is 12. The van der Waals surface area contributed by atoms with E-state index in [9.17, 15) is 38.4 Å². The molecule has 0 aliphatic rings. The molecule has 0 unspecified atom stereocenters. The first kappa shape index (κ1) is 47.7. The molecule has 0 fully saturated rings. The van der Waals surface area contributed by atoms with Gasteiger partial charge in [-0.05, 0) is 79.1 Å². The zero-order valence-electron chi connectivity index (χ0n) is 30.8. The number of unbranched alkanes of at least 4 members (excludes halogenated alkanes) is 4. The van der Waals surface area contributed by atoms with Gasteiger partial charge in [0.15, 0.2) is 0 Å². The Morgan fingerprint density at radius 1 is 0.396 bits per heavy atom. The normalized spacial score (nSPS) is 13.4. The molecule has 16 heteroatoms. The van der Waals surface area contributed by atoms with E-state index in [1.54, 1.807) is 0 Å². The van der Waals surface area contributed by atoms with Crippen LogP contribution in [0.3, 0.4) is 0 Å². The van der Waals surface area contributed by atoms with Crippen LogP contribution in [0.15, 0.2) is 46.6 Å². The molecule has 4 N–H and O–H groups in total. The summed E-state index contributed by atoms with van der Waals surface area (Å²) in [5.74, 6) is -7.30. The lowest BCUT2D eigenvalue weighted by Gasteiger charge is -2.31. The second-order valence-electron chi connectivity index (χ2n) is 12.5. The molecule has 0 radical (unpaired) electrons. The van der Waals surface area contributed by atoms with E-state index in [0.717, 1.165) is 0 Å². The molecule has 0 heterocycles. The Morgan fingerprint density at radius 3 is 0.755 bits per heavy atom. The van der Waals surface area contributed by atoms with Crippen molar-refractivity contribution in [3.8, 4) is 0 Å². The molecule has 0 aliphatic heterocycles. The van der Waals surface area contributed by atoms with Crippen molar-refractivity contribution in [2.45, 2.75) is 105 Å². The van der Waals surface area contributed by atoms with E-state index in [1.165, 1.54) is 52.0 Å². The van der Waals surface area contributed by atoms with Crippen molar-refractivity contribution in [1.29, 1.82) is 0 Å². The van der Waals surface area contributed by atoms with Crippen molar-refractivity contribution in [3.63, 3.8) is 0 Å². The summed E-state index contributed by atoms with van der Waals surface area (Å²) in [5.41, 5.74) is -1.13. The summed E-state index contributed by atoms with van der Waals surface area (Å²) in [6.07, 6.45) is 7.62. The highest BCUT2D eigenvalue weighted by molar-refractivity contribution is 5.89. The molecule has 0 aliphatic carbocycles. The molecule has 0 aromatic heterocycles. The molecule has 0 spiro atoms. The second-order valence-corrected chi connectivity index (χ2v) is 12.5. The van der Waals surface area contributed by atoms with Gasteiger partial charge in [0.05, 0.1) is 0 Å². The smallest absolute Gasteiger partial charge is 0.333 e. The number of rotatable bonds is 28. The van der Waals surface area contributed by atoms with Crippen molar-refractivity contribution in [2.75, 3.05) is 26.4 Å². The van der Waals surface area contributed by atoms with Gasteiger partial charge in [-0.1, -0.05) is 24.3 Å². The lowest BCUT2D eigenvalue weighted by atomic mass is 9.92. The van der Waals surface area contributed by atoms with Gasteiger partial charge < -0.3 is 39.4 Å². The molecular formula is C37H52O16. The van der Waals surface area contributed by atoms with Crippen LogP contribution in [-0.2, 0) is 57.3 Å². The van der Waals surface area contributed by atoms with Crippen LogP contribution in [0.4, 0.5) is 0 Å². The van der Waals surface area contributed by atoms with E-state index in [0.29, 0.717) is 0 Å². The maximum Gasteiger partial charge on any atom is 0.333 e. The van der Waals surface area contributed by atoms with Gasteiger partial charge in [-0.2, -0.15) is 0 Å². The van der Waals surface area contributed by atoms with Crippen molar-refractivity contribution in [3.05, 3.63) is 46.6 Å². The van der Waals surface area contributed by atoms with Crippen LogP contribution in [0.25, 0.3) is 0 Å². The highest BCUT2D eigenvalue weighted by atomic mass is 16.6. The Balaban J connectivity index is 6.40. The van der Waals surface area contributed by atoms with Crippen LogP contribution < -0.4 is 0 Å². The van der Waals surface area contributed by atoms with Gasteiger partial charge in [-0.25, -0.2) is 19.2 Å². The summed E-state index contributed by atoms with van der Waals surface area (Å²) in [7, 11) is 0. The van der Waals surface area contributed by atoms with Gasteiger partial charge in [0.25, 0.3) is 0 Å². The largest absolute Gasteiger partial charge is 0.481 e. The number of carboxylic acids is 4. The van der Waals surface area contributed by atoms with Crippen LogP contribution in [0.5, 0.6) is 0 Å². The quantitative estimate of drug-likeness (QED) is 0.0357. The highest BCUT2D eigenvalue weighted by Crippen LogP contribution is 2.24. The maximum absolute atomic E-state index is 13.0. The fourth-order valence-electron chi connectivity index (χ4n) is 4.20. The van der Waals surface area contributed by atoms with Gasteiger partial charge in [-0.15, -0.1) is 0 Å². The molecule has 296 valence electrons. The third-order valence-electron chi connectivity index (χ3n) is 7.51. The molecular weight excluding hydrogens is 700 g/mol. The van der Waals surface area contributed by atoms with E-state index in [2.05, 4.69) is 0 Å². The molecule has 0 atom stereocenters. The second kappa shape index (κ2) is 26.5. The highest BCUT2D eigenvalue weighted by Gasteiger charge is 2.38. The first-order valence-electron chi connectivity index (χ1n) is 17.1. The number of allylic oxidation sites excluding steroid dienone is 4. The zero-order valence-corrected chi connectivity index (χ0v) is 30.8. The molecule has 0 bridgehead atoms. The van der Waals surface area contributed by atoms with Crippen LogP contribution in [0.1, 0.15) is 105 Å². The van der Waals surface area contributed by atoms with Crippen molar-refractivity contribution < 1.29 is 77.7 Å². The predicted molar refractivity (Wildman–Crippen MR) is 187 cm³/mol. The third kappa shape index (κ3) is 23.8. The van der Waals surface area contributed by atoms with Crippen LogP contribution >= 0.6 is 0 Å². The topological polar surface area (TPSA) is 254 Å². The number of hydrogen-bond donors (Lipinski definition) is 4. The summed E-state index contributed by atoms with van der Waals surface area (Å²) < 4.78 is 22.1. The minimum absolute atomic E-state index is 0.113. The van der Waals surface area contributed by atoms with Crippen LogP contribution in [-0.4, -0.2) is 94.6 Å². The third-order valence-corrected chi connectivity index (χ3v) is 7.51. The molecule has 0 saturated carbocycles. The van der Waals surface area contributed by atoms with Crippen molar-refractivity contribution >= 4 is 47.8 Å². The van der Waals surface area contributed by atoms with Gasteiger partial charge in [0.1, 0.15) is 31.8 Å². The minimum Gasteiger partial charge on any atom is -0.481 e. The van der Waals surface area contributed by atoms with Crippen molar-refractivity contribution in [1.82, 2.24) is 0 Å². The number of carbonyl (C=O) groups is 8. The Hall–Kier alpha value is -5.28. The van der Waals surface area contributed by atoms with Crippen molar-refractivity contribution in [2.24, 2.45) is 5.41 Å². The average Bonchev–Trinajstić information content (AvgIpc) is 3.10. The lowest BCUT2D eigenvalue weighted by Crippen LogP contribution is -2.44. The Kier molecular flexibility index (Phi) is 23.8. The van der Waals surface area contributed by atoms with E-state index in [1.807, 2.05) is 0 Å². The van der Waals surface area contributed by atoms with E-state index in [4.69, 9.17) is 39.4 Å². The standard InChI is InChI=1S/C37H52O16/c1-25(13-5-9-17-29(38)39)33(46)50-21-37(22-51-34(47)26(2)14-6-10-18-30(40)41,23-52-35(48)27(3)15-7-11-19-31(42)43)24-53-36(49)28(4)16-8-12-20-32(44)45/h13-16H,5-12,17-24H2,1-4H3,(H,38,39)(H,40,41)(H,42,43)(H,44,45). The van der Waals surface area contributed by atoms with Gasteiger partial charge >= 0.3 is 47.8 Å². The maximum atomic E-state index is 13.0. The summed E-state index contributed by atoms with van der Waals surface area (Å²) in [6.45, 7) is 3.41. The predicted octanol–water partition coefficient (Wildman–Crippen LogP) is 4.95. The van der Waals surface area contributed by atoms with Gasteiger partial charge in [0.2, 0.25) is 0 Å². The van der Waals surface area contributed by atoms with E-state index >= 15 is 0 Å². The molecule has 53 heavy (non-hydrogen) atoms. The number of esters is 4. The number of aliphatic carboxylic acids is 4. The minimum atomic E-state index is -1.67. The SMILES string of the molecule is CC(=CCCCC(=O)O)C(=O)OCC(COC(=O)C(C)=CCCCC(=O)O)(COC(=O)C(C)=CCCCC(=O)O)COC(=O)C(C)=CCCCC(=O)O. The van der Waals surface area contributed by atoms with Crippen LogP contribution in [0.2, 0.25) is 0 Å². The molecule has 0 aromatic carbocycles. The Labute approximate surface area is 308 Å². The number of carbonyl (C=O) groups excluding carboxylic acids is 4. The molecule has 0 aromatic rings. The Bertz CT molecular complexity index is 1200. The van der Waals surface area contributed by atoms with E-state index < -0.39 is 79.6 Å². The summed E-state index contributed by atoms with van der Waals surface area (Å²) in [4.78, 5) is 95.1. The summed E-state index contributed by atoms with van der Waals surface area (Å²) >= 11 is 0. The fourth-order valence-corrected chi connectivity index (χ4v) is 4.20. The zero-order chi connectivity index (χ0) is 40.4. The first-order chi connectivity index (χ1) is 24.9. The molecule has 16 nitrogen and oxygen atoms in total. The monoisotopic (exact) mass is 752 g/mol. The molecule has 0 saturated heterocycles. The lowest BCUT2D eigenvalue weighted by molar-refractivity contribution is -0.166. The number of carboxylic acid groups (broad SMARTS) is 4. The van der Waals surface area contributed by atoms with Crippen LogP contribution in [0, 0.1) is 5.41 Å².